The van der Waals surface area contributed by atoms with Crippen molar-refractivity contribution in [3.05, 3.63) is 25.3 Å². The van der Waals surface area contributed by atoms with Crippen LogP contribution in [0, 0.1) is 11.8 Å². The van der Waals surface area contributed by atoms with Crippen molar-refractivity contribution in [3.63, 3.8) is 0 Å². The fourth-order valence-corrected chi connectivity index (χ4v) is 6.33. The predicted molar refractivity (Wildman–Crippen MR) is 122 cm³/mol. The van der Waals surface area contributed by atoms with Gasteiger partial charge in [0.1, 0.15) is 18.2 Å². The Labute approximate surface area is 197 Å². The first kappa shape index (κ1) is 24.9. The number of amides is 2. The molecular weight excluding hydrogens is 480 g/mol. The van der Waals surface area contributed by atoms with Crippen LogP contribution in [0.15, 0.2) is 25.3 Å². The molecule has 3 rings (SSSR count). The molecule has 0 aliphatic carbocycles. The lowest BCUT2D eigenvalue weighted by atomic mass is 9.70. The van der Waals surface area contributed by atoms with Crippen LogP contribution in [0.3, 0.4) is 0 Å². The van der Waals surface area contributed by atoms with Crippen molar-refractivity contribution in [2.24, 2.45) is 11.8 Å². The van der Waals surface area contributed by atoms with Crippen molar-refractivity contribution in [3.8, 4) is 0 Å². The molecule has 3 heterocycles. The van der Waals surface area contributed by atoms with Crippen LogP contribution in [0.25, 0.3) is 0 Å². The summed E-state index contributed by atoms with van der Waals surface area (Å²) in [6.45, 7) is 14.8. The van der Waals surface area contributed by atoms with Crippen molar-refractivity contribution in [2.45, 2.75) is 68.3 Å². The molecule has 8 nitrogen and oxygen atoms in total. The van der Waals surface area contributed by atoms with Gasteiger partial charge in [-0.1, -0.05) is 34.7 Å². The average molecular weight is 513 g/mol. The summed E-state index contributed by atoms with van der Waals surface area (Å²) in [4.78, 5) is 43.5. The van der Waals surface area contributed by atoms with E-state index in [2.05, 4.69) is 29.1 Å². The maximum absolute atomic E-state index is 14.0. The Hall–Kier alpha value is -1.71. The van der Waals surface area contributed by atoms with Gasteiger partial charge in [-0.2, -0.15) is 0 Å². The van der Waals surface area contributed by atoms with E-state index in [0.717, 1.165) is 0 Å². The highest BCUT2D eigenvalue weighted by atomic mass is 79.9. The normalized spacial score (nSPS) is 34.2. The number of nitrogens with zero attached hydrogens (tertiary/aromatic N) is 2. The zero-order chi connectivity index (χ0) is 24.0. The molecule has 3 fully saturated rings. The maximum atomic E-state index is 14.0. The third-order valence-corrected chi connectivity index (χ3v) is 7.55. The van der Waals surface area contributed by atoms with Gasteiger partial charge >= 0.3 is 5.97 Å². The van der Waals surface area contributed by atoms with Crippen molar-refractivity contribution < 1.29 is 29.0 Å². The van der Waals surface area contributed by atoms with E-state index in [9.17, 15) is 19.5 Å². The second-order valence-electron chi connectivity index (χ2n) is 9.77. The Morgan fingerprint density at radius 2 is 2.06 bits per heavy atom. The van der Waals surface area contributed by atoms with Crippen LogP contribution in [-0.4, -0.2) is 86.6 Å². The SMILES string of the molecule is C=CCOC(=O)[C@H]1[C@@H]2OC3(CC2Br)C(C(=O)N(CC=C)C(C)(C)C)N([C@H](C)CO)C(=O)[C@H]13. The van der Waals surface area contributed by atoms with Gasteiger partial charge in [0, 0.05) is 16.9 Å². The molecule has 0 aromatic heterocycles. The van der Waals surface area contributed by atoms with Crippen molar-refractivity contribution in [1.29, 1.82) is 0 Å². The number of aliphatic hydroxyl groups excluding tert-OH is 1. The molecule has 3 saturated heterocycles. The Morgan fingerprint density at radius 1 is 1.41 bits per heavy atom. The topological polar surface area (TPSA) is 96.4 Å². The molecule has 178 valence electrons. The molecule has 0 radical (unpaired) electrons. The Bertz CT molecular complexity index is 811. The van der Waals surface area contributed by atoms with E-state index < -0.39 is 47.1 Å². The number of carbonyl (C=O) groups excluding carboxylic acids is 3. The Kier molecular flexibility index (Phi) is 6.94. The van der Waals surface area contributed by atoms with Gasteiger partial charge in [-0.05, 0) is 34.1 Å². The van der Waals surface area contributed by atoms with Gasteiger partial charge in [-0.3, -0.25) is 14.4 Å². The quantitative estimate of drug-likeness (QED) is 0.301. The van der Waals surface area contributed by atoms with Gasteiger partial charge in [0.25, 0.3) is 0 Å². The maximum Gasteiger partial charge on any atom is 0.312 e. The molecule has 3 unspecified atom stereocenters. The third kappa shape index (κ3) is 3.72. The zero-order valence-corrected chi connectivity index (χ0v) is 20.7. The monoisotopic (exact) mass is 512 g/mol. The summed E-state index contributed by atoms with van der Waals surface area (Å²) in [5.41, 5.74) is -1.72. The summed E-state index contributed by atoms with van der Waals surface area (Å²) >= 11 is 3.61. The summed E-state index contributed by atoms with van der Waals surface area (Å²) in [5, 5.41) is 9.90. The molecule has 0 aromatic rings. The molecule has 32 heavy (non-hydrogen) atoms. The fraction of sp³-hybridized carbons (Fsp3) is 0.696. The first-order valence-corrected chi connectivity index (χ1v) is 11.8. The lowest BCUT2D eigenvalue weighted by Crippen LogP contribution is -2.61. The molecule has 0 saturated carbocycles. The zero-order valence-electron chi connectivity index (χ0n) is 19.1. The van der Waals surface area contributed by atoms with Gasteiger partial charge in [-0.15, -0.1) is 6.58 Å². The molecule has 2 amide bonds. The van der Waals surface area contributed by atoms with E-state index in [0.29, 0.717) is 13.0 Å². The molecule has 7 atom stereocenters. The number of alkyl halides is 1. The van der Waals surface area contributed by atoms with Crippen molar-refractivity contribution in [1.82, 2.24) is 9.80 Å². The van der Waals surface area contributed by atoms with Gasteiger partial charge in [-0.25, -0.2) is 0 Å². The second-order valence-corrected chi connectivity index (χ2v) is 10.9. The number of hydrogen-bond acceptors (Lipinski definition) is 6. The number of esters is 1. The molecule has 1 N–H and O–H groups in total. The van der Waals surface area contributed by atoms with Gasteiger partial charge < -0.3 is 24.4 Å². The van der Waals surface area contributed by atoms with Gasteiger partial charge in [0.2, 0.25) is 11.8 Å². The number of aliphatic hydroxyl groups is 1. The van der Waals surface area contributed by atoms with E-state index in [-0.39, 0.29) is 29.9 Å². The minimum atomic E-state index is -1.18. The van der Waals surface area contributed by atoms with E-state index in [1.54, 1.807) is 17.9 Å². The van der Waals surface area contributed by atoms with E-state index in [1.807, 2.05) is 20.8 Å². The third-order valence-electron chi connectivity index (χ3n) is 6.70. The highest BCUT2D eigenvalue weighted by Crippen LogP contribution is 2.60. The largest absolute Gasteiger partial charge is 0.461 e. The summed E-state index contributed by atoms with van der Waals surface area (Å²) in [7, 11) is 0. The summed E-state index contributed by atoms with van der Waals surface area (Å²) in [6.07, 6.45) is 2.93. The molecular formula is C23H33BrN2O6. The summed E-state index contributed by atoms with van der Waals surface area (Å²) in [6, 6.07) is -1.59. The van der Waals surface area contributed by atoms with E-state index in [1.165, 1.54) is 11.0 Å². The Balaban J connectivity index is 2.11. The average Bonchev–Trinajstić information content (AvgIpc) is 3.31. The molecule has 1 spiro atoms. The first-order valence-electron chi connectivity index (χ1n) is 10.9. The van der Waals surface area contributed by atoms with Crippen LogP contribution in [-0.2, 0) is 23.9 Å². The highest BCUT2D eigenvalue weighted by molar-refractivity contribution is 9.09. The van der Waals surface area contributed by atoms with Crippen molar-refractivity contribution in [2.75, 3.05) is 19.8 Å². The summed E-state index contributed by atoms with van der Waals surface area (Å²) in [5.74, 6) is -2.88. The number of hydrogen-bond donors (Lipinski definition) is 1. The number of ether oxygens (including phenoxy) is 2. The van der Waals surface area contributed by atoms with Crippen molar-refractivity contribution >= 4 is 33.7 Å². The number of fused-ring (bicyclic) bond motifs is 1. The lowest BCUT2D eigenvalue weighted by molar-refractivity contribution is -0.156. The molecule has 3 aliphatic heterocycles. The van der Waals surface area contributed by atoms with Crippen LogP contribution in [0.2, 0.25) is 0 Å². The highest BCUT2D eigenvalue weighted by Gasteiger charge is 2.77. The number of carbonyl (C=O) groups is 3. The fourth-order valence-electron chi connectivity index (χ4n) is 5.39. The molecule has 0 aromatic carbocycles. The smallest absolute Gasteiger partial charge is 0.312 e. The number of rotatable bonds is 8. The lowest BCUT2D eigenvalue weighted by Gasteiger charge is -2.43. The van der Waals surface area contributed by atoms with E-state index >= 15 is 0 Å². The molecule has 9 heteroatoms. The van der Waals surface area contributed by atoms with E-state index in [4.69, 9.17) is 9.47 Å². The molecule has 2 bridgehead atoms. The van der Waals surface area contributed by atoms with Gasteiger partial charge in [0.15, 0.2) is 0 Å². The summed E-state index contributed by atoms with van der Waals surface area (Å²) < 4.78 is 11.7. The molecule has 3 aliphatic rings. The standard InChI is InChI=1S/C23H33BrN2O6/c1-7-9-25(22(4,5)6)20(29)18-23-11-14(24)17(32-23)15(21(30)31-10-8-2)16(23)19(28)26(18)13(3)12-27/h7-8,13-18,27H,1-2,9-12H2,3-6H3/t13-,14?,15-,16+,17-,18?,23?/m1/s1. The van der Waals surface area contributed by atoms with Crippen LogP contribution in [0.5, 0.6) is 0 Å². The number of halogens is 1. The van der Waals surface area contributed by atoms with Crippen LogP contribution in [0.4, 0.5) is 0 Å². The van der Waals surface area contributed by atoms with Crippen LogP contribution in [0.1, 0.15) is 34.1 Å². The van der Waals surface area contributed by atoms with Gasteiger partial charge in [0.05, 0.1) is 30.6 Å². The first-order chi connectivity index (χ1) is 15.0. The predicted octanol–water partition coefficient (Wildman–Crippen LogP) is 1.66. The number of likely N-dealkylation sites (tertiary alicyclic amines) is 1. The Morgan fingerprint density at radius 3 is 2.59 bits per heavy atom. The minimum Gasteiger partial charge on any atom is -0.461 e. The van der Waals surface area contributed by atoms with Crippen LogP contribution < -0.4 is 0 Å². The van der Waals surface area contributed by atoms with Crippen LogP contribution >= 0.6 is 15.9 Å². The second kappa shape index (κ2) is 8.91. The minimum absolute atomic E-state index is 0.0270.